The van der Waals surface area contributed by atoms with Gasteiger partial charge in [-0.25, -0.2) is 0 Å². The van der Waals surface area contributed by atoms with Gasteiger partial charge < -0.3 is 0 Å². The monoisotopic (exact) mass is 257 g/mol. The van der Waals surface area contributed by atoms with Gasteiger partial charge in [-0.3, -0.25) is 4.90 Å². The summed E-state index contributed by atoms with van der Waals surface area (Å²) in [5, 5.41) is 0. The molecule has 2 bridgehead atoms. The summed E-state index contributed by atoms with van der Waals surface area (Å²) < 4.78 is 0. The van der Waals surface area contributed by atoms with E-state index in [1.165, 1.54) is 50.8 Å². The highest BCUT2D eigenvalue weighted by molar-refractivity contribution is 5.28. The van der Waals surface area contributed by atoms with Crippen LogP contribution in [0.3, 0.4) is 0 Å². The minimum Gasteiger partial charge on any atom is -0.300 e. The molecule has 0 aromatic heterocycles. The van der Waals surface area contributed by atoms with Crippen LogP contribution in [0.5, 0.6) is 0 Å². The van der Waals surface area contributed by atoms with Crippen LogP contribution in [0.1, 0.15) is 56.1 Å². The number of nitrogens with zero attached hydrogens (tertiary/aromatic N) is 1. The summed E-state index contributed by atoms with van der Waals surface area (Å²) in [6.45, 7) is 7.20. The van der Waals surface area contributed by atoms with Gasteiger partial charge >= 0.3 is 0 Å². The maximum Gasteiger partial charge on any atom is 0.0167 e. The van der Waals surface area contributed by atoms with Crippen molar-refractivity contribution in [2.45, 2.75) is 57.9 Å². The van der Waals surface area contributed by atoms with E-state index in [2.05, 4.69) is 43.0 Å². The number of benzene rings is 1. The summed E-state index contributed by atoms with van der Waals surface area (Å²) in [6, 6.07) is 10.2. The van der Waals surface area contributed by atoms with Crippen molar-refractivity contribution in [3.05, 3.63) is 35.4 Å². The van der Waals surface area contributed by atoms with Crippen LogP contribution in [0.4, 0.5) is 0 Å². The summed E-state index contributed by atoms with van der Waals surface area (Å²) in [5.41, 5.74) is 2.98. The lowest BCUT2D eigenvalue weighted by Crippen LogP contribution is -2.53. The molecule has 0 aliphatic carbocycles. The second-order valence-electron chi connectivity index (χ2n) is 6.52. The lowest BCUT2D eigenvalue weighted by atomic mass is 9.69. The van der Waals surface area contributed by atoms with E-state index in [0.29, 0.717) is 0 Å². The van der Waals surface area contributed by atoms with Gasteiger partial charge in [-0.15, -0.1) is 0 Å². The van der Waals surface area contributed by atoms with Crippen molar-refractivity contribution in [3.8, 4) is 0 Å². The van der Waals surface area contributed by atoms with Crippen molar-refractivity contribution in [3.63, 3.8) is 0 Å². The number of fused-ring (bicyclic) bond motifs is 3. The molecule has 0 amide bonds. The SMILES string of the molecule is CCCCC1C(c2ccc(C)cc2)C2CCN1CC2. The quantitative estimate of drug-likeness (QED) is 0.774. The number of rotatable bonds is 4. The molecule has 4 rings (SSSR count). The first-order valence-electron chi connectivity index (χ1n) is 8.10. The van der Waals surface area contributed by atoms with E-state index in [0.717, 1.165) is 17.9 Å². The molecule has 3 heterocycles. The Morgan fingerprint density at radius 3 is 2.42 bits per heavy atom. The minimum atomic E-state index is 0.801. The number of unbranched alkanes of at least 4 members (excludes halogenated alkanes) is 1. The Labute approximate surface area is 118 Å². The Morgan fingerprint density at radius 1 is 1.11 bits per heavy atom. The van der Waals surface area contributed by atoms with E-state index in [4.69, 9.17) is 0 Å². The number of hydrogen-bond donors (Lipinski definition) is 0. The van der Waals surface area contributed by atoms with E-state index < -0.39 is 0 Å². The highest BCUT2D eigenvalue weighted by Gasteiger charge is 2.42. The van der Waals surface area contributed by atoms with Crippen LogP contribution in [-0.2, 0) is 0 Å². The molecule has 0 radical (unpaired) electrons. The van der Waals surface area contributed by atoms with Crippen LogP contribution in [0.25, 0.3) is 0 Å². The molecule has 0 N–H and O–H groups in total. The van der Waals surface area contributed by atoms with Crippen molar-refractivity contribution in [2.24, 2.45) is 5.92 Å². The zero-order valence-corrected chi connectivity index (χ0v) is 12.4. The molecule has 1 aromatic rings. The third kappa shape index (κ3) is 2.58. The van der Waals surface area contributed by atoms with Crippen molar-refractivity contribution in [1.82, 2.24) is 4.90 Å². The van der Waals surface area contributed by atoms with E-state index in [9.17, 15) is 0 Å². The standard InChI is InChI=1S/C18H27N/c1-3-4-5-17-18(15-8-6-14(2)7-9-15)16-10-12-19(17)13-11-16/h6-9,16-18H,3-5,10-13H2,1-2H3. The van der Waals surface area contributed by atoms with Crippen molar-refractivity contribution < 1.29 is 0 Å². The van der Waals surface area contributed by atoms with Gasteiger partial charge in [0, 0.05) is 12.0 Å². The molecule has 1 aromatic carbocycles. The van der Waals surface area contributed by atoms with E-state index in [-0.39, 0.29) is 0 Å². The predicted octanol–water partition coefficient (Wildman–Crippen LogP) is 4.36. The van der Waals surface area contributed by atoms with E-state index in [1.807, 2.05) is 0 Å². The minimum absolute atomic E-state index is 0.801. The van der Waals surface area contributed by atoms with Crippen molar-refractivity contribution in [1.29, 1.82) is 0 Å². The van der Waals surface area contributed by atoms with Crippen LogP contribution >= 0.6 is 0 Å². The number of piperidine rings is 3. The third-order valence-electron chi connectivity index (χ3n) is 5.28. The van der Waals surface area contributed by atoms with Gasteiger partial charge in [0.25, 0.3) is 0 Å². The maximum absolute atomic E-state index is 2.78. The first kappa shape index (κ1) is 13.2. The Bertz CT molecular complexity index is 400. The molecule has 0 saturated carbocycles. The zero-order valence-electron chi connectivity index (χ0n) is 12.4. The van der Waals surface area contributed by atoms with Crippen molar-refractivity contribution >= 4 is 0 Å². The summed E-state index contributed by atoms with van der Waals surface area (Å²) in [4.78, 5) is 2.78. The molecular formula is C18H27N. The van der Waals surface area contributed by atoms with Gasteiger partial charge in [0.15, 0.2) is 0 Å². The topological polar surface area (TPSA) is 3.24 Å². The van der Waals surface area contributed by atoms with Gasteiger partial charge in [-0.2, -0.15) is 0 Å². The van der Waals surface area contributed by atoms with Gasteiger partial charge in [-0.05, 0) is 50.8 Å². The molecule has 0 spiro atoms. The lowest BCUT2D eigenvalue weighted by molar-refractivity contribution is 0.0202. The molecule has 3 aliphatic rings. The molecule has 3 saturated heterocycles. The van der Waals surface area contributed by atoms with Crippen LogP contribution in [0.2, 0.25) is 0 Å². The number of aryl methyl sites for hydroxylation is 1. The lowest BCUT2D eigenvalue weighted by Gasteiger charge is -2.51. The Hall–Kier alpha value is -0.820. The molecule has 104 valence electrons. The Kier molecular flexibility index (Phi) is 3.93. The summed E-state index contributed by atoms with van der Waals surface area (Å²) in [7, 11) is 0. The Morgan fingerprint density at radius 2 is 1.79 bits per heavy atom. The fourth-order valence-corrected chi connectivity index (χ4v) is 4.21. The summed E-state index contributed by atoms with van der Waals surface area (Å²) >= 11 is 0. The molecular weight excluding hydrogens is 230 g/mol. The highest BCUT2D eigenvalue weighted by atomic mass is 15.2. The van der Waals surface area contributed by atoms with Crippen LogP contribution in [-0.4, -0.2) is 24.0 Å². The molecule has 19 heavy (non-hydrogen) atoms. The van der Waals surface area contributed by atoms with Gasteiger partial charge in [0.05, 0.1) is 0 Å². The normalized spacial score (nSPS) is 33.6. The smallest absolute Gasteiger partial charge is 0.0167 e. The second-order valence-corrected chi connectivity index (χ2v) is 6.52. The maximum atomic E-state index is 2.78. The van der Waals surface area contributed by atoms with Gasteiger partial charge in [-0.1, -0.05) is 49.6 Å². The fourth-order valence-electron chi connectivity index (χ4n) is 4.21. The van der Waals surface area contributed by atoms with E-state index >= 15 is 0 Å². The Balaban J connectivity index is 1.84. The molecule has 2 atom stereocenters. The first-order chi connectivity index (χ1) is 9.29. The molecule has 3 fully saturated rings. The van der Waals surface area contributed by atoms with Crippen LogP contribution in [0, 0.1) is 12.8 Å². The molecule has 1 heteroatoms. The van der Waals surface area contributed by atoms with E-state index in [1.54, 1.807) is 5.56 Å². The van der Waals surface area contributed by atoms with Crippen LogP contribution < -0.4 is 0 Å². The predicted molar refractivity (Wildman–Crippen MR) is 81.5 cm³/mol. The molecule has 1 nitrogen and oxygen atoms in total. The second kappa shape index (κ2) is 5.66. The van der Waals surface area contributed by atoms with Crippen molar-refractivity contribution in [2.75, 3.05) is 13.1 Å². The average molecular weight is 257 g/mol. The zero-order chi connectivity index (χ0) is 13.2. The average Bonchev–Trinajstić information content (AvgIpc) is 2.47. The fraction of sp³-hybridized carbons (Fsp3) is 0.667. The third-order valence-corrected chi connectivity index (χ3v) is 5.28. The van der Waals surface area contributed by atoms with Gasteiger partial charge in [0.1, 0.15) is 0 Å². The summed E-state index contributed by atoms with van der Waals surface area (Å²) in [5.74, 6) is 1.74. The largest absolute Gasteiger partial charge is 0.300 e. The molecule has 2 unspecified atom stereocenters. The summed E-state index contributed by atoms with van der Waals surface area (Å²) in [6.07, 6.45) is 6.94. The molecule has 3 aliphatic heterocycles. The number of hydrogen-bond acceptors (Lipinski definition) is 1. The highest BCUT2D eigenvalue weighted by Crippen LogP contribution is 2.44. The van der Waals surface area contributed by atoms with Crippen LogP contribution in [0.15, 0.2) is 24.3 Å². The first-order valence-corrected chi connectivity index (χ1v) is 8.10. The van der Waals surface area contributed by atoms with Gasteiger partial charge in [0.2, 0.25) is 0 Å².